The SMILES string of the molecule is CC(C)Cc1nnc(NC(=O)c2cccc(NS(=O)(=O)c3ccc4c(c3)OCCO4)c2)s1. The summed E-state index contributed by atoms with van der Waals surface area (Å²) in [6.07, 6.45) is 0.782. The van der Waals surface area contributed by atoms with E-state index in [1.807, 2.05) is 0 Å². The van der Waals surface area contributed by atoms with Crippen LogP contribution in [0, 0.1) is 5.92 Å². The van der Waals surface area contributed by atoms with Crippen molar-refractivity contribution in [3.63, 3.8) is 0 Å². The van der Waals surface area contributed by atoms with Crippen molar-refractivity contribution in [1.82, 2.24) is 10.2 Å². The second-order valence-corrected chi connectivity index (χ2v) is 10.3. The van der Waals surface area contributed by atoms with Crippen molar-refractivity contribution in [3.05, 3.63) is 53.0 Å². The summed E-state index contributed by atoms with van der Waals surface area (Å²) in [5.74, 6) is 0.909. The quantitative estimate of drug-likeness (QED) is 0.537. The summed E-state index contributed by atoms with van der Waals surface area (Å²) in [4.78, 5) is 12.6. The van der Waals surface area contributed by atoms with Crippen molar-refractivity contribution in [2.75, 3.05) is 23.3 Å². The molecule has 0 radical (unpaired) electrons. The summed E-state index contributed by atoms with van der Waals surface area (Å²) in [5.41, 5.74) is 0.540. The summed E-state index contributed by atoms with van der Waals surface area (Å²) in [5, 5.41) is 12.0. The molecule has 9 nitrogen and oxygen atoms in total. The van der Waals surface area contributed by atoms with Crippen molar-refractivity contribution in [2.45, 2.75) is 25.2 Å². The molecule has 1 aliphatic heterocycles. The van der Waals surface area contributed by atoms with Gasteiger partial charge in [0, 0.05) is 23.7 Å². The zero-order valence-electron chi connectivity index (χ0n) is 17.5. The van der Waals surface area contributed by atoms with Crippen molar-refractivity contribution in [1.29, 1.82) is 0 Å². The van der Waals surface area contributed by atoms with Gasteiger partial charge in [0.1, 0.15) is 18.2 Å². The van der Waals surface area contributed by atoms with Crippen LogP contribution in [0.4, 0.5) is 10.8 Å². The average Bonchev–Trinajstić information content (AvgIpc) is 3.19. The number of hydrogen-bond donors (Lipinski definition) is 2. The number of rotatable bonds is 7. The molecule has 2 N–H and O–H groups in total. The molecule has 2 heterocycles. The van der Waals surface area contributed by atoms with E-state index in [2.05, 4.69) is 34.1 Å². The molecule has 0 fully saturated rings. The Kier molecular flexibility index (Phi) is 6.28. The van der Waals surface area contributed by atoms with Crippen molar-refractivity contribution in [2.24, 2.45) is 5.92 Å². The number of carbonyl (C=O) groups is 1. The molecular weight excluding hydrogens is 452 g/mol. The number of fused-ring (bicyclic) bond motifs is 1. The van der Waals surface area contributed by atoms with Gasteiger partial charge in [0.15, 0.2) is 11.5 Å². The monoisotopic (exact) mass is 474 g/mol. The van der Waals surface area contributed by atoms with Gasteiger partial charge in [-0.1, -0.05) is 31.3 Å². The third-order valence-electron chi connectivity index (χ3n) is 4.47. The zero-order valence-corrected chi connectivity index (χ0v) is 19.1. The molecule has 0 unspecified atom stereocenters. The van der Waals surface area contributed by atoms with Gasteiger partial charge < -0.3 is 9.47 Å². The normalized spacial score (nSPS) is 13.1. The van der Waals surface area contributed by atoms with Crippen LogP contribution in [0.5, 0.6) is 11.5 Å². The number of carbonyl (C=O) groups excluding carboxylic acids is 1. The predicted molar refractivity (Wildman–Crippen MR) is 121 cm³/mol. The first-order chi connectivity index (χ1) is 15.3. The molecule has 0 saturated carbocycles. The Morgan fingerprint density at radius 2 is 1.88 bits per heavy atom. The van der Waals surface area contributed by atoms with Gasteiger partial charge >= 0.3 is 0 Å². The number of anilines is 2. The fraction of sp³-hybridized carbons (Fsp3) is 0.286. The largest absolute Gasteiger partial charge is 0.486 e. The number of benzene rings is 2. The molecule has 1 amide bonds. The number of nitrogens with zero attached hydrogens (tertiary/aromatic N) is 2. The highest BCUT2D eigenvalue weighted by Crippen LogP contribution is 2.32. The van der Waals surface area contributed by atoms with Gasteiger partial charge in [-0.3, -0.25) is 14.8 Å². The Balaban J connectivity index is 1.47. The highest BCUT2D eigenvalue weighted by molar-refractivity contribution is 7.92. The third kappa shape index (κ3) is 5.17. The first-order valence-electron chi connectivity index (χ1n) is 9.96. The molecule has 0 spiro atoms. The minimum absolute atomic E-state index is 0.0307. The van der Waals surface area contributed by atoms with E-state index >= 15 is 0 Å². The Morgan fingerprint density at radius 3 is 2.66 bits per heavy atom. The maximum Gasteiger partial charge on any atom is 0.262 e. The van der Waals surface area contributed by atoms with Crippen LogP contribution in [0.1, 0.15) is 29.2 Å². The predicted octanol–water partition coefficient (Wildman–Crippen LogP) is 3.56. The minimum atomic E-state index is -3.89. The van der Waals surface area contributed by atoms with Gasteiger partial charge in [-0.2, -0.15) is 0 Å². The molecule has 0 aliphatic carbocycles. The van der Waals surface area contributed by atoms with Crippen LogP contribution in [0.25, 0.3) is 0 Å². The van der Waals surface area contributed by atoms with Crippen LogP contribution in [0.3, 0.4) is 0 Å². The summed E-state index contributed by atoms with van der Waals surface area (Å²) in [6.45, 7) is 4.94. The smallest absolute Gasteiger partial charge is 0.262 e. The van der Waals surface area contributed by atoms with E-state index in [1.165, 1.54) is 29.5 Å². The third-order valence-corrected chi connectivity index (χ3v) is 6.71. The summed E-state index contributed by atoms with van der Waals surface area (Å²) >= 11 is 1.32. The lowest BCUT2D eigenvalue weighted by molar-refractivity contribution is 0.102. The minimum Gasteiger partial charge on any atom is -0.486 e. The van der Waals surface area contributed by atoms with Crippen molar-refractivity contribution in [3.8, 4) is 11.5 Å². The van der Waals surface area contributed by atoms with Crippen LogP contribution in [0.2, 0.25) is 0 Å². The van der Waals surface area contributed by atoms with Crippen LogP contribution in [-0.4, -0.2) is 37.7 Å². The molecule has 1 aliphatic rings. The van der Waals surface area contributed by atoms with E-state index in [1.54, 1.807) is 24.3 Å². The van der Waals surface area contributed by atoms with Crippen LogP contribution < -0.4 is 19.5 Å². The molecule has 0 atom stereocenters. The first-order valence-corrected chi connectivity index (χ1v) is 12.3. The molecule has 168 valence electrons. The van der Waals surface area contributed by atoms with E-state index in [0.29, 0.717) is 35.8 Å². The molecular formula is C21H22N4O5S2. The lowest BCUT2D eigenvalue weighted by Gasteiger charge is -2.19. The van der Waals surface area contributed by atoms with Crippen LogP contribution in [0.15, 0.2) is 47.4 Å². The number of ether oxygens (including phenoxy) is 2. The van der Waals surface area contributed by atoms with E-state index < -0.39 is 15.9 Å². The maximum atomic E-state index is 12.8. The van der Waals surface area contributed by atoms with Gasteiger partial charge in [-0.25, -0.2) is 8.42 Å². The Bertz CT molecular complexity index is 1240. The molecule has 0 bridgehead atoms. The Morgan fingerprint density at radius 1 is 1.09 bits per heavy atom. The van der Waals surface area contributed by atoms with Gasteiger partial charge in [-0.05, 0) is 36.2 Å². The molecule has 32 heavy (non-hydrogen) atoms. The molecule has 1 aromatic heterocycles. The highest BCUT2D eigenvalue weighted by Gasteiger charge is 2.20. The summed E-state index contributed by atoms with van der Waals surface area (Å²) < 4.78 is 39.0. The van der Waals surface area contributed by atoms with Crippen LogP contribution >= 0.6 is 11.3 Å². The Hall–Kier alpha value is -3.18. The average molecular weight is 475 g/mol. The number of hydrogen-bond acceptors (Lipinski definition) is 8. The molecule has 3 aromatic rings. The number of sulfonamides is 1. The summed E-state index contributed by atoms with van der Waals surface area (Å²) in [7, 11) is -3.89. The maximum absolute atomic E-state index is 12.8. The zero-order chi connectivity index (χ0) is 22.7. The van der Waals surface area contributed by atoms with E-state index in [9.17, 15) is 13.2 Å². The molecule has 11 heteroatoms. The van der Waals surface area contributed by atoms with Crippen molar-refractivity contribution >= 4 is 38.1 Å². The van der Waals surface area contributed by atoms with Gasteiger partial charge in [0.25, 0.3) is 15.9 Å². The molecule has 2 aromatic carbocycles. The fourth-order valence-electron chi connectivity index (χ4n) is 3.03. The number of nitrogens with one attached hydrogen (secondary N) is 2. The summed E-state index contributed by atoms with van der Waals surface area (Å²) in [6, 6.07) is 10.6. The standard InChI is InChI=1S/C21H22N4O5S2/c1-13(2)10-19-23-24-21(31-19)22-20(26)14-4-3-5-15(11-14)25-32(27,28)16-6-7-17-18(12-16)30-9-8-29-17/h3-7,11-13,25H,8-10H2,1-2H3,(H,22,24,26). The Labute approximate surface area is 189 Å². The fourth-order valence-corrected chi connectivity index (χ4v) is 5.05. The second-order valence-electron chi connectivity index (χ2n) is 7.54. The van der Waals surface area contributed by atoms with E-state index in [4.69, 9.17) is 9.47 Å². The first kappa shape index (κ1) is 22.0. The van der Waals surface area contributed by atoms with E-state index in [-0.39, 0.29) is 16.1 Å². The van der Waals surface area contributed by atoms with Gasteiger partial charge in [0.2, 0.25) is 5.13 Å². The van der Waals surface area contributed by atoms with Gasteiger partial charge in [0.05, 0.1) is 4.90 Å². The number of aromatic nitrogens is 2. The molecule has 4 rings (SSSR count). The lowest BCUT2D eigenvalue weighted by Crippen LogP contribution is -2.17. The van der Waals surface area contributed by atoms with Crippen molar-refractivity contribution < 1.29 is 22.7 Å². The second kappa shape index (κ2) is 9.13. The van der Waals surface area contributed by atoms with Gasteiger partial charge in [-0.15, -0.1) is 10.2 Å². The molecule has 0 saturated heterocycles. The van der Waals surface area contributed by atoms with E-state index in [0.717, 1.165) is 11.4 Å². The number of amides is 1. The lowest BCUT2D eigenvalue weighted by atomic mass is 10.1. The highest BCUT2D eigenvalue weighted by atomic mass is 32.2. The van der Waals surface area contributed by atoms with Crippen LogP contribution in [-0.2, 0) is 16.4 Å². The topological polar surface area (TPSA) is 120 Å².